The molecule has 4 aromatic rings. The molecule has 0 aliphatic rings. The number of hydrogen-bond donors (Lipinski definition) is 1. The Morgan fingerprint density at radius 3 is 2.22 bits per heavy atom. The number of ether oxygens (including phenoxy) is 2. The summed E-state index contributed by atoms with van der Waals surface area (Å²) in [5.74, 6) is 0.654. The SMILES string of the molecule is CCCCOc1ccc(C)cc1-c1ccc(COc2ccc(C(CC(=O)O)c3ccccc3)cc2)cc1. The maximum atomic E-state index is 11.5. The molecule has 190 valence electrons. The monoisotopic (exact) mass is 494 g/mol. The van der Waals surface area contributed by atoms with Gasteiger partial charge in [-0.1, -0.05) is 91.7 Å². The molecule has 1 unspecified atom stereocenters. The van der Waals surface area contributed by atoms with Gasteiger partial charge in [-0.15, -0.1) is 0 Å². The first-order chi connectivity index (χ1) is 18.0. The zero-order valence-corrected chi connectivity index (χ0v) is 21.5. The van der Waals surface area contributed by atoms with Crippen molar-refractivity contribution in [1.82, 2.24) is 0 Å². The average Bonchev–Trinajstić information content (AvgIpc) is 2.92. The van der Waals surface area contributed by atoms with Gasteiger partial charge in [0.25, 0.3) is 0 Å². The summed E-state index contributed by atoms with van der Waals surface area (Å²) in [6.07, 6.45) is 2.19. The van der Waals surface area contributed by atoms with E-state index in [1.54, 1.807) is 0 Å². The normalized spacial score (nSPS) is 11.6. The van der Waals surface area contributed by atoms with Gasteiger partial charge >= 0.3 is 5.97 Å². The van der Waals surface area contributed by atoms with Crippen molar-refractivity contribution in [3.8, 4) is 22.6 Å². The van der Waals surface area contributed by atoms with Gasteiger partial charge in [-0.05, 0) is 59.9 Å². The molecule has 0 saturated heterocycles. The molecule has 0 spiro atoms. The number of unbranched alkanes of at least 4 members (excludes halogenated alkanes) is 1. The Bertz CT molecular complexity index is 1280. The van der Waals surface area contributed by atoms with E-state index in [-0.39, 0.29) is 12.3 Å². The van der Waals surface area contributed by atoms with E-state index in [1.807, 2.05) is 54.6 Å². The first kappa shape index (κ1) is 26.0. The topological polar surface area (TPSA) is 55.8 Å². The fourth-order valence-electron chi connectivity index (χ4n) is 4.35. The molecule has 4 aromatic carbocycles. The van der Waals surface area contributed by atoms with Crippen LogP contribution in [0.25, 0.3) is 11.1 Å². The second kappa shape index (κ2) is 12.8. The summed E-state index contributed by atoms with van der Waals surface area (Å²) >= 11 is 0. The summed E-state index contributed by atoms with van der Waals surface area (Å²) in [7, 11) is 0. The van der Waals surface area contributed by atoms with E-state index < -0.39 is 5.97 Å². The van der Waals surface area contributed by atoms with Crippen molar-refractivity contribution in [2.24, 2.45) is 0 Å². The number of carbonyl (C=O) groups is 1. The number of aliphatic carboxylic acids is 1. The summed E-state index contributed by atoms with van der Waals surface area (Å²) in [5, 5.41) is 9.41. The van der Waals surface area contributed by atoms with Gasteiger partial charge in [-0.25, -0.2) is 0 Å². The molecule has 4 heteroatoms. The first-order valence-corrected chi connectivity index (χ1v) is 12.9. The molecule has 0 heterocycles. The molecule has 1 atom stereocenters. The molecule has 1 N–H and O–H groups in total. The van der Waals surface area contributed by atoms with Crippen LogP contribution in [0, 0.1) is 6.92 Å². The van der Waals surface area contributed by atoms with Crippen LogP contribution in [0.3, 0.4) is 0 Å². The lowest BCUT2D eigenvalue weighted by molar-refractivity contribution is -0.137. The lowest BCUT2D eigenvalue weighted by Crippen LogP contribution is -2.08. The van der Waals surface area contributed by atoms with Crippen LogP contribution in [0.2, 0.25) is 0 Å². The lowest BCUT2D eigenvalue weighted by atomic mass is 9.88. The fourth-order valence-corrected chi connectivity index (χ4v) is 4.35. The highest BCUT2D eigenvalue weighted by atomic mass is 16.5. The smallest absolute Gasteiger partial charge is 0.304 e. The van der Waals surface area contributed by atoms with Crippen LogP contribution >= 0.6 is 0 Å². The van der Waals surface area contributed by atoms with Gasteiger partial charge in [-0.2, -0.15) is 0 Å². The highest BCUT2D eigenvalue weighted by molar-refractivity contribution is 5.71. The summed E-state index contributed by atoms with van der Waals surface area (Å²) < 4.78 is 12.1. The van der Waals surface area contributed by atoms with Crippen molar-refractivity contribution in [2.75, 3.05) is 6.61 Å². The summed E-state index contributed by atoms with van der Waals surface area (Å²) in [6, 6.07) is 32.2. The lowest BCUT2D eigenvalue weighted by Gasteiger charge is -2.17. The van der Waals surface area contributed by atoms with Crippen LogP contribution in [0.15, 0.2) is 97.1 Å². The zero-order valence-electron chi connectivity index (χ0n) is 21.5. The molecule has 0 aliphatic heterocycles. The molecule has 37 heavy (non-hydrogen) atoms. The van der Waals surface area contributed by atoms with E-state index in [4.69, 9.17) is 9.47 Å². The predicted molar refractivity (Wildman–Crippen MR) is 148 cm³/mol. The minimum absolute atomic E-state index is 0.0445. The summed E-state index contributed by atoms with van der Waals surface area (Å²) in [5.41, 5.74) is 6.45. The quantitative estimate of drug-likeness (QED) is 0.203. The van der Waals surface area contributed by atoms with Gasteiger partial charge < -0.3 is 14.6 Å². The molecule has 0 radical (unpaired) electrons. The molecule has 0 saturated carbocycles. The van der Waals surface area contributed by atoms with Crippen LogP contribution < -0.4 is 9.47 Å². The number of aryl methyl sites for hydroxylation is 1. The number of benzene rings is 4. The Morgan fingerprint density at radius 2 is 1.54 bits per heavy atom. The fraction of sp³-hybridized carbons (Fsp3) is 0.242. The predicted octanol–water partition coefficient (Wildman–Crippen LogP) is 8.03. The van der Waals surface area contributed by atoms with Crippen molar-refractivity contribution < 1.29 is 19.4 Å². The third-order valence-corrected chi connectivity index (χ3v) is 6.42. The van der Waals surface area contributed by atoms with E-state index >= 15 is 0 Å². The van der Waals surface area contributed by atoms with E-state index in [0.29, 0.717) is 6.61 Å². The maximum Gasteiger partial charge on any atom is 0.304 e. The van der Waals surface area contributed by atoms with E-state index in [9.17, 15) is 9.90 Å². The molecule has 4 nitrogen and oxygen atoms in total. The number of rotatable bonds is 12. The van der Waals surface area contributed by atoms with Crippen molar-refractivity contribution in [1.29, 1.82) is 0 Å². The molecular formula is C33H34O4. The third-order valence-electron chi connectivity index (χ3n) is 6.42. The largest absolute Gasteiger partial charge is 0.493 e. The van der Waals surface area contributed by atoms with E-state index in [2.05, 4.69) is 56.3 Å². The molecule has 0 aromatic heterocycles. The number of hydrogen-bond acceptors (Lipinski definition) is 3. The van der Waals surface area contributed by atoms with Gasteiger partial charge in [0.15, 0.2) is 0 Å². The van der Waals surface area contributed by atoms with E-state index in [0.717, 1.165) is 58.8 Å². The van der Waals surface area contributed by atoms with E-state index in [1.165, 1.54) is 5.56 Å². The van der Waals surface area contributed by atoms with Crippen molar-refractivity contribution in [2.45, 2.75) is 45.6 Å². The average molecular weight is 495 g/mol. The zero-order chi connectivity index (χ0) is 26.0. The number of carboxylic acid groups (broad SMARTS) is 1. The second-order valence-corrected chi connectivity index (χ2v) is 9.32. The third kappa shape index (κ3) is 7.23. The Kier molecular flexibility index (Phi) is 8.98. The Labute approximate surface area is 219 Å². The van der Waals surface area contributed by atoms with Crippen molar-refractivity contribution in [3.05, 3.63) is 119 Å². The number of carboxylic acids is 1. The minimum atomic E-state index is -0.817. The Morgan fingerprint density at radius 1 is 0.838 bits per heavy atom. The standard InChI is InChI=1S/C33H34O4/c1-3-4-20-36-32-19-10-24(2)21-31(32)28-13-11-25(12-14-28)23-37-29-17-15-27(16-18-29)30(22-33(34)35)26-8-6-5-7-9-26/h5-19,21,30H,3-4,20,22-23H2,1-2H3,(H,34,35). The van der Waals surface area contributed by atoms with Gasteiger partial charge in [0.1, 0.15) is 18.1 Å². The molecular weight excluding hydrogens is 460 g/mol. The maximum absolute atomic E-state index is 11.5. The van der Waals surface area contributed by atoms with Gasteiger partial charge in [-0.3, -0.25) is 4.79 Å². The summed E-state index contributed by atoms with van der Waals surface area (Å²) in [6.45, 7) is 5.43. The van der Waals surface area contributed by atoms with Crippen LogP contribution in [-0.4, -0.2) is 17.7 Å². The van der Waals surface area contributed by atoms with Crippen LogP contribution in [0.4, 0.5) is 0 Å². The molecule has 0 fully saturated rings. The van der Waals surface area contributed by atoms with Crippen LogP contribution in [-0.2, 0) is 11.4 Å². The highest BCUT2D eigenvalue weighted by Crippen LogP contribution is 2.32. The molecule has 0 bridgehead atoms. The Balaban J connectivity index is 1.41. The van der Waals surface area contributed by atoms with Crippen molar-refractivity contribution in [3.63, 3.8) is 0 Å². The van der Waals surface area contributed by atoms with Crippen LogP contribution in [0.5, 0.6) is 11.5 Å². The second-order valence-electron chi connectivity index (χ2n) is 9.32. The first-order valence-electron chi connectivity index (χ1n) is 12.9. The van der Waals surface area contributed by atoms with Gasteiger partial charge in [0.2, 0.25) is 0 Å². The van der Waals surface area contributed by atoms with Crippen LogP contribution in [0.1, 0.15) is 54.4 Å². The summed E-state index contributed by atoms with van der Waals surface area (Å²) in [4.78, 5) is 11.5. The van der Waals surface area contributed by atoms with Gasteiger partial charge in [0.05, 0.1) is 13.0 Å². The van der Waals surface area contributed by atoms with Crippen molar-refractivity contribution >= 4 is 5.97 Å². The highest BCUT2D eigenvalue weighted by Gasteiger charge is 2.17. The molecule has 0 aliphatic carbocycles. The van der Waals surface area contributed by atoms with Gasteiger partial charge in [0, 0.05) is 11.5 Å². The molecule has 4 rings (SSSR count). The Hall–Kier alpha value is -4.05. The minimum Gasteiger partial charge on any atom is -0.493 e. The molecule has 0 amide bonds.